The predicted molar refractivity (Wildman–Crippen MR) is 208 cm³/mol. The SMILES string of the molecule is N=C1C=C(c2ccc3c(ccc4ccccc43)c2)C=C(c2ccc3c(ccc4ccccc43)c2)C1=N.Nc1ccc(-c2cccnc2)cc1. The van der Waals surface area contributed by atoms with Gasteiger partial charge in [0.15, 0.2) is 0 Å². The van der Waals surface area contributed by atoms with Crippen LogP contribution in [0.5, 0.6) is 0 Å². The average Bonchev–Trinajstić information content (AvgIpc) is 3.16. The third-order valence-electron chi connectivity index (χ3n) is 9.18. The standard InChI is InChI=1S/C34H22N2.C11H10N2/c35-33-20-27(23-13-15-30-24(17-23)11-9-21-5-1-3-7-28(21)30)19-32(34(33)36)26-14-16-31-25(18-26)12-10-22-6-2-4-8-29(22)31;12-11-5-3-9(4-6-11)10-2-1-7-13-8-10/h1-20,35-36H;1-8H,12H2. The zero-order chi connectivity index (χ0) is 33.3. The van der Waals surface area contributed by atoms with Gasteiger partial charge in [0.05, 0.1) is 11.4 Å². The summed E-state index contributed by atoms with van der Waals surface area (Å²) in [5, 5.41) is 26.9. The maximum Gasteiger partial charge on any atom is 0.0867 e. The molecule has 4 nitrogen and oxygen atoms in total. The summed E-state index contributed by atoms with van der Waals surface area (Å²) in [5.74, 6) is 0. The van der Waals surface area contributed by atoms with Gasteiger partial charge >= 0.3 is 0 Å². The third-order valence-corrected chi connectivity index (χ3v) is 9.18. The molecule has 0 amide bonds. The predicted octanol–water partition coefficient (Wildman–Crippen LogP) is 11.2. The van der Waals surface area contributed by atoms with Crippen molar-refractivity contribution in [2.45, 2.75) is 0 Å². The molecule has 1 aromatic heterocycles. The van der Waals surface area contributed by atoms with Crippen LogP contribution in [-0.4, -0.2) is 16.4 Å². The molecule has 0 saturated carbocycles. The second kappa shape index (κ2) is 12.5. The van der Waals surface area contributed by atoms with Gasteiger partial charge in [-0.2, -0.15) is 0 Å². The molecule has 0 unspecified atom stereocenters. The van der Waals surface area contributed by atoms with E-state index in [0.29, 0.717) is 0 Å². The van der Waals surface area contributed by atoms with Gasteiger partial charge in [-0.15, -0.1) is 0 Å². The Morgan fingerprint density at radius 2 is 1.00 bits per heavy atom. The van der Waals surface area contributed by atoms with Crippen LogP contribution in [0.1, 0.15) is 11.1 Å². The van der Waals surface area contributed by atoms with E-state index in [0.717, 1.165) is 44.5 Å². The minimum absolute atomic E-state index is 0.236. The number of pyridine rings is 1. The lowest BCUT2D eigenvalue weighted by molar-refractivity contribution is 1.33. The van der Waals surface area contributed by atoms with Crippen LogP contribution in [0.15, 0.2) is 170 Å². The molecule has 0 fully saturated rings. The molecule has 8 aromatic rings. The molecule has 0 radical (unpaired) electrons. The molecule has 4 heteroatoms. The summed E-state index contributed by atoms with van der Waals surface area (Å²) in [7, 11) is 0. The monoisotopic (exact) mass is 628 g/mol. The number of nitrogen functional groups attached to an aromatic ring is 1. The van der Waals surface area contributed by atoms with Gasteiger partial charge in [0.2, 0.25) is 0 Å². The first-order chi connectivity index (χ1) is 24.0. The van der Waals surface area contributed by atoms with Crippen molar-refractivity contribution < 1.29 is 0 Å². The first-order valence-corrected chi connectivity index (χ1v) is 16.2. The van der Waals surface area contributed by atoms with Crippen molar-refractivity contribution in [1.82, 2.24) is 4.98 Å². The Balaban J connectivity index is 0.000000225. The number of nitrogens with zero attached hydrogens (tertiary/aromatic N) is 1. The average molecular weight is 629 g/mol. The van der Waals surface area contributed by atoms with E-state index in [4.69, 9.17) is 16.6 Å². The molecule has 7 aromatic carbocycles. The van der Waals surface area contributed by atoms with E-state index in [1.165, 1.54) is 37.7 Å². The second-order valence-corrected chi connectivity index (χ2v) is 12.3. The van der Waals surface area contributed by atoms with Crippen molar-refractivity contribution in [2.24, 2.45) is 0 Å². The molecule has 4 N–H and O–H groups in total. The van der Waals surface area contributed by atoms with E-state index in [2.05, 4.69) is 120 Å². The molecule has 1 heterocycles. The number of aromatic nitrogens is 1. The zero-order valence-electron chi connectivity index (χ0n) is 26.7. The summed E-state index contributed by atoms with van der Waals surface area (Å²) in [6.07, 6.45) is 7.47. The minimum atomic E-state index is 0.236. The number of nitrogens with one attached hydrogen (secondary N) is 2. The topological polar surface area (TPSA) is 86.6 Å². The van der Waals surface area contributed by atoms with Crippen LogP contribution in [-0.2, 0) is 0 Å². The fraction of sp³-hybridized carbons (Fsp3) is 0. The fourth-order valence-corrected chi connectivity index (χ4v) is 6.62. The van der Waals surface area contributed by atoms with Crippen molar-refractivity contribution in [2.75, 3.05) is 5.73 Å². The Kier molecular flexibility index (Phi) is 7.59. The fourth-order valence-electron chi connectivity index (χ4n) is 6.62. The first kappa shape index (κ1) is 29.7. The Labute approximate surface area is 284 Å². The molecular weight excluding hydrogens is 597 g/mol. The van der Waals surface area contributed by atoms with Gasteiger partial charge in [0.25, 0.3) is 0 Å². The highest BCUT2D eigenvalue weighted by Gasteiger charge is 2.19. The number of fused-ring (bicyclic) bond motifs is 6. The van der Waals surface area contributed by atoms with E-state index >= 15 is 0 Å². The van der Waals surface area contributed by atoms with Crippen molar-refractivity contribution in [3.8, 4) is 11.1 Å². The molecular formula is C45H32N4. The number of hydrogen-bond donors (Lipinski definition) is 3. The maximum absolute atomic E-state index is 8.67. The number of allylic oxidation sites excluding steroid dienone is 4. The summed E-state index contributed by atoms with van der Waals surface area (Å²) >= 11 is 0. The van der Waals surface area contributed by atoms with Crippen LogP contribution in [0.3, 0.4) is 0 Å². The molecule has 232 valence electrons. The van der Waals surface area contributed by atoms with Crippen LogP contribution >= 0.6 is 0 Å². The Hall–Kier alpha value is -6.65. The lowest BCUT2D eigenvalue weighted by Gasteiger charge is -2.18. The lowest BCUT2D eigenvalue weighted by Crippen LogP contribution is -2.15. The second-order valence-electron chi connectivity index (χ2n) is 12.3. The van der Waals surface area contributed by atoms with Gasteiger partial charge < -0.3 is 5.73 Å². The summed E-state index contributed by atoms with van der Waals surface area (Å²) in [6.45, 7) is 0. The summed E-state index contributed by atoms with van der Waals surface area (Å²) in [6, 6.07) is 50.0. The highest BCUT2D eigenvalue weighted by Crippen LogP contribution is 2.34. The van der Waals surface area contributed by atoms with Crippen LogP contribution < -0.4 is 5.73 Å². The van der Waals surface area contributed by atoms with E-state index in [-0.39, 0.29) is 11.4 Å². The van der Waals surface area contributed by atoms with Crippen LogP contribution in [0.4, 0.5) is 5.69 Å². The normalized spacial score (nSPS) is 12.9. The molecule has 0 bridgehead atoms. The number of anilines is 1. The van der Waals surface area contributed by atoms with Crippen molar-refractivity contribution in [3.63, 3.8) is 0 Å². The van der Waals surface area contributed by atoms with Crippen LogP contribution in [0.2, 0.25) is 0 Å². The van der Waals surface area contributed by atoms with E-state index in [1.54, 1.807) is 6.20 Å². The highest BCUT2D eigenvalue weighted by molar-refractivity contribution is 6.61. The maximum atomic E-state index is 8.67. The quantitative estimate of drug-likeness (QED) is 0.103. The van der Waals surface area contributed by atoms with Gasteiger partial charge in [-0.3, -0.25) is 15.8 Å². The van der Waals surface area contributed by atoms with Crippen molar-refractivity contribution in [1.29, 1.82) is 10.8 Å². The van der Waals surface area contributed by atoms with E-state index in [9.17, 15) is 0 Å². The first-order valence-electron chi connectivity index (χ1n) is 16.2. The van der Waals surface area contributed by atoms with E-state index < -0.39 is 0 Å². The molecule has 0 spiro atoms. The number of benzene rings is 7. The molecule has 0 atom stereocenters. The molecule has 49 heavy (non-hydrogen) atoms. The van der Waals surface area contributed by atoms with Crippen molar-refractivity contribution in [3.05, 3.63) is 181 Å². The summed E-state index contributed by atoms with van der Waals surface area (Å²) in [4.78, 5) is 4.05. The Bertz CT molecular complexity index is 2630. The number of nitrogens with two attached hydrogens (primary N) is 1. The van der Waals surface area contributed by atoms with Gasteiger partial charge in [-0.1, -0.05) is 115 Å². The Morgan fingerprint density at radius 3 is 1.63 bits per heavy atom. The van der Waals surface area contributed by atoms with Gasteiger partial charge in [0, 0.05) is 23.7 Å². The Morgan fingerprint density at radius 1 is 0.449 bits per heavy atom. The molecule has 0 saturated heterocycles. The van der Waals surface area contributed by atoms with Crippen LogP contribution in [0.25, 0.3) is 65.4 Å². The summed E-state index contributed by atoms with van der Waals surface area (Å²) < 4.78 is 0. The zero-order valence-corrected chi connectivity index (χ0v) is 26.7. The summed E-state index contributed by atoms with van der Waals surface area (Å²) in [5.41, 5.74) is 12.9. The minimum Gasteiger partial charge on any atom is -0.399 e. The van der Waals surface area contributed by atoms with Crippen molar-refractivity contribution >= 4 is 71.3 Å². The van der Waals surface area contributed by atoms with Gasteiger partial charge in [-0.05, 0) is 113 Å². The molecule has 9 rings (SSSR count). The van der Waals surface area contributed by atoms with Gasteiger partial charge in [-0.25, -0.2) is 0 Å². The number of hydrogen-bond acceptors (Lipinski definition) is 4. The smallest absolute Gasteiger partial charge is 0.0867 e. The van der Waals surface area contributed by atoms with Gasteiger partial charge in [0.1, 0.15) is 0 Å². The van der Waals surface area contributed by atoms with Crippen LogP contribution in [0, 0.1) is 10.8 Å². The lowest BCUT2D eigenvalue weighted by atomic mass is 9.86. The third kappa shape index (κ3) is 5.77. The highest BCUT2D eigenvalue weighted by atomic mass is 14.6. The molecule has 0 aliphatic heterocycles. The molecule has 1 aliphatic rings. The largest absolute Gasteiger partial charge is 0.399 e. The molecule has 1 aliphatic carbocycles. The number of rotatable bonds is 3. The van der Waals surface area contributed by atoms with E-state index in [1.807, 2.05) is 48.7 Å².